The van der Waals surface area contributed by atoms with E-state index in [4.69, 9.17) is 19.7 Å². The van der Waals surface area contributed by atoms with Crippen molar-refractivity contribution in [2.45, 2.75) is 6.10 Å². The number of carboxylic acids is 1. The monoisotopic (exact) mass is 253 g/mol. The molecule has 0 saturated carbocycles. The summed E-state index contributed by atoms with van der Waals surface area (Å²) in [7, 11) is 0. The van der Waals surface area contributed by atoms with Crippen molar-refractivity contribution in [3.63, 3.8) is 0 Å². The maximum atomic E-state index is 11.7. The number of carboxylic acid groups (broad SMARTS) is 1. The minimum absolute atomic E-state index is 0.109. The minimum atomic E-state index is -1.62. The van der Waals surface area contributed by atoms with E-state index in [1.165, 1.54) is 12.1 Å². The van der Waals surface area contributed by atoms with Gasteiger partial charge in [0.2, 0.25) is 6.79 Å². The largest absolute Gasteiger partial charge is 0.479 e. The summed E-state index contributed by atoms with van der Waals surface area (Å²) in [6.07, 6.45) is -1.62. The first-order chi connectivity index (χ1) is 8.58. The van der Waals surface area contributed by atoms with Crippen LogP contribution in [0.3, 0.4) is 0 Å². The van der Waals surface area contributed by atoms with E-state index in [0.717, 1.165) is 0 Å². The molecule has 0 aromatic heterocycles. The quantitative estimate of drug-likeness (QED) is 0.673. The van der Waals surface area contributed by atoms with E-state index in [2.05, 4.69) is 5.32 Å². The van der Waals surface area contributed by atoms with Crippen LogP contribution in [0.25, 0.3) is 0 Å². The molecule has 3 N–H and O–H groups in total. The van der Waals surface area contributed by atoms with E-state index in [0.29, 0.717) is 17.1 Å². The number of ether oxygens (including phenoxy) is 2. The molecule has 0 aliphatic carbocycles. The van der Waals surface area contributed by atoms with Crippen molar-refractivity contribution in [1.82, 2.24) is 5.32 Å². The molecule has 2 rings (SSSR count). The number of carbonyl (C=O) groups excluding carboxylic acids is 1. The number of hydrogen-bond acceptors (Lipinski definition) is 5. The van der Waals surface area contributed by atoms with E-state index in [-0.39, 0.29) is 13.3 Å². The van der Waals surface area contributed by atoms with E-state index < -0.39 is 18.0 Å². The summed E-state index contributed by atoms with van der Waals surface area (Å²) in [6.45, 7) is -0.249. The molecule has 7 nitrogen and oxygen atoms in total. The standard InChI is InChI=1S/C11H11NO6/c13-7(11(15)16)4-12-10(14)6-1-2-8-9(3-6)18-5-17-8/h1-3,7,13H,4-5H2,(H,12,14)(H,15,16)/t7-/m0/s1. The summed E-state index contributed by atoms with van der Waals surface area (Å²) in [5, 5.41) is 19.8. The third kappa shape index (κ3) is 2.51. The first kappa shape index (κ1) is 12.2. The Morgan fingerprint density at radius 2 is 2.06 bits per heavy atom. The zero-order valence-electron chi connectivity index (χ0n) is 9.25. The second-order valence-electron chi connectivity index (χ2n) is 3.63. The number of amides is 1. The van der Waals surface area contributed by atoms with Gasteiger partial charge in [0, 0.05) is 5.56 Å². The van der Waals surface area contributed by atoms with Crippen LogP contribution in [0.5, 0.6) is 11.5 Å². The third-order valence-corrected chi connectivity index (χ3v) is 2.38. The number of benzene rings is 1. The van der Waals surface area contributed by atoms with Crippen molar-refractivity contribution < 1.29 is 29.3 Å². The molecule has 1 aliphatic heterocycles. The Morgan fingerprint density at radius 1 is 1.33 bits per heavy atom. The minimum Gasteiger partial charge on any atom is -0.479 e. The molecular weight excluding hydrogens is 242 g/mol. The van der Waals surface area contributed by atoms with Crippen molar-refractivity contribution in [3.05, 3.63) is 23.8 Å². The molecule has 1 atom stereocenters. The number of aliphatic carboxylic acids is 1. The molecule has 1 aliphatic rings. The highest BCUT2D eigenvalue weighted by atomic mass is 16.7. The fourth-order valence-electron chi connectivity index (χ4n) is 1.42. The molecule has 0 fully saturated rings. The summed E-state index contributed by atoms with van der Waals surface area (Å²) in [5.41, 5.74) is 0.303. The van der Waals surface area contributed by atoms with Gasteiger partial charge in [-0.15, -0.1) is 0 Å². The summed E-state index contributed by atoms with van der Waals surface area (Å²) in [6, 6.07) is 4.60. The molecule has 1 aromatic carbocycles. The maximum absolute atomic E-state index is 11.7. The van der Waals surface area contributed by atoms with E-state index in [1.807, 2.05) is 0 Å². The van der Waals surface area contributed by atoms with Crippen molar-refractivity contribution in [3.8, 4) is 11.5 Å². The lowest BCUT2D eigenvalue weighted by Gasteiger charge is -2.08. The van der Waals surface area contributed by atoms with Crippen LogP contribution in [0, 0.1) is 0 Å². The van der Waals surface area contributed by atoms with Gasteiger partial charge in [0.05, 0.1) is 6.54 Å². The van der Waals surface area contributed by atoms with Crippen molar-refractivity contribution in [2.75, 3.05) is 13.3 Å². The normalized spacial score (nSPS) is 14.1. The molecule has 1 aromatic rings. The SMILES string of the molecule is O=C(NC[C@H](O)C(=O)O)c1ccc2c(c1)OCO2. The van der Waals surface area contributed by atoms with Crippen molar-refractivity contribution in [2.24, 2.45) is 0 Å². The van der Waals surface area contributed by atoms with Gasteiger partial charge in [-0.05, 0) is 18.2 Å². The van der Waals surface area contributed by atoms with Crippen LogP contribution in [0.2, 0.25) is 0 Å². The zero-order chi connectivity index (χ0) is 13.1. The van der Waals surface area contributed by atoms with Crippen LogP contribution >= 0.6 is 0 Å². The average molecular weight is 253 g/mol. The fourth-order valence-corrected chi connectivity index (χ4v) is 1.42. The highest BCUT2D eigenvalue weighted by Gasteiger charge is 2.18. The maximum Gasteiger partial charge on any atom is 0.334 e. The van der Waals surface area contributed by atoms with Crippen molar-refractivity contribution >= 4 is 11.9 Å². The summed E-state index contributed by atoms with van der Waals surface area (Å²) in [4.78, 5) is 22.0. The van der Waals surface area contributed by atoms with Gasteiger partial charge in [-0.1, -0.05) is 0 Å². The number of aliphatic hydroxyl groups excluding tert-OH is 1. The summed E-state index contributed by atoms with van der Waals surface area (Å²) < 4.78 is 10.2. The van der Waals surface area contributed by atoms with E-state index in [9.17, 15) is 9.59 Å². The average Bonchev–Trinajstić information content (AvgIpc) is 2.82. The Morgan fingerprint density at radius 3 is 2.78 bits per heavy atom. The van der Waals surface area contributed by atoms with Gasteiger partial charge in [0.25, 0.3) is 5.91 Å². The Hall–Kier alpha value is -2.28. The van der Waals surface area contributed by atoms with Crippen LogP contribution in [-0.2, 0) is 4.79 Å². The molecule has 0 saturated heterocycles. The topological polar surface area (TPSA) is 105 Å². The zero-order valence-corrected chi connectivity index (χ0v) is 9.25. The molecule has 0 unspecified atom stereocenters. The predicted molar refractivity (Wildman–Crippen MR) is 58.5 cm³/mol. The Labute approximate surface area is 102 Å². The smallest absolute Gasteiger partial charge is 0.334 e. The highest BCUT2D eigenvalue weighted by Crippen LogP contribution is 2.32. The Kier molecular flexibility index (Phi) is 3.33. The molecular formula is C11H11NO6. The van der Waals surface area contributed by atoms with Gasteiger partial charge in [-0.25, -0.2) is 4.79 Å². The van der Waals surface area contributed by atoms with Gasteiger partial charge in [-0.3, -0.25) is 4.79 Å². The first-order valence-corrected chi connectivity index (χ1v) is 5.16. The number of rotatable bonds is 4. The highest BCUT2D eigenvalue weighted by molar-refractivity contribution is 5.95. The molecule has 1 heterocycles. The number of fused-ring (bicyclic) bond motifs is 1. The van der Waals surface area contributed by atoms with Gasteiger partial charge in [0.1, 0.15) is 0 Å². The number of hydrogen-bond donors (Lipinski definition) is 3. The molecule has 18 heavy (non-hydrogen) atoms. The van der Waals surface area contributed by atoms with Gasteiger partial charge in [-0.2, -0.15) is 0 Å². The van der Waals surface area contributed by atoms with E-state index >= 15 is 0 Å². The van der Waals surface area contributed by atoms with Crippen LogP contribution in [0.4, 0.5) is 0 Å². The van der Waals surface area contributed by atoms with Crippen LogP contribution in [0.15, 0.2) is 18.2 Å². The lowest BCUT2D eigenvalue weighted by molar-refractivity contribution is -0.146. The fraction of sp³-hybridized carbons (Fsp3) is 0.273. The number of aliphatic hydroxyl groups is 1. The predicted octanol–water partition coefficient (Wildman–Crippen LogP) is -0.409. The molecule has 0 bridgehead atoms. The molecule has 1 amide bonds. The molecule has 96 valence electrons. The second-order valence-corrected chi connectivity index (χ2v) is 3.63. The van der Waals surface area contributed by atoms with Gasteiger partial charge < -0.3 is 25.0 Å². The second kappa shape index (κ2) is 4.92. The molecule has 7 heteroatoms. The first-order valence-electron chi connectivity index (χ1n) is 5.16. The van der Waals surface area contributed by atoms with Gasteiger partial charge in [0.15, 0.2) is 17.6 Å². The Balaban J connectivity index is 1.99. The number of carbonyl (C=O) groups is 2. The third-order valence-electron chi connectivity index (χ3n) is 2.38. The summed E-state index contributed by atoms with van der Waals surface area (Å²) in [5.74, 6) is -0.867. The lowest BCUT2D eigenvalue weighted by atomic mass is 10.2. The molecule has 0 radical (unpaired) electrons. The van der Waals surface area contributed by atoms with Crippen molar-refractivity contribution in [1.29, 1.82) is 0 Å². The summed E-state index contributed by atoms with van der Waals surface area (Å²) >= 11 is 0. The molecule has 0 spiro atoms. The Bertz CT molecular complexity index is 486. The van der Waals surface area contributed by atoms with Gasteiger partial charge >= 0.3 is 5.97 Å². The lowest BCUT2D eigenvalue weighted by Crippen LogP contribution is -2.36. The van der Waals surface area contributed by atoms with Crippen LogP contribution in [-0.4, -0.2) is 41.5 Å². The number of nitrogens with one attached hydrogen (secondary N) is 1. The van der Waals surface area contributed by atoms with Crippen LogP contribution < -0.4 is 14.8 Å². The van der Waals surface area contributed by atoms with Crippen LogP contribution in [0.1, 0.15) is 10.4 Å². The van der Waals surface area contributed by atoms with E-state index in [1.54, 1.807) is 6.07 Å².